The fourth-order valence-corrected chi connectivity index (χ4v) is 2.90. The molecule has 0 bridgehead atoms. The number of H-pyrrole nitrogens is 1. The maximum absolute atomic E-state index is 12.3. The van der Waals surface area contributed by atoms with Crippen molar-refractivity contribution in [2.24, 2.45) is 5.92 Å². The number of carbonyl (C=O) groups excluding carboxylic acids is 1. The molecule has 2 atom stereocenters. The molecule has 1 saturated carbocycles. The number of nitrogens with zero attached hydrogens (tertiary/aromatic N) is 1. The molecule has 1 heterocycles. The molecule has 0 spiro atoms. The van der Waals surface area contributed by atoms with Crippen LogP contribution in [0.3, 0.4) is 0 Å². The van der Waals surface area contributed by atoms with Gasteiger partial charge in [-0.2, -0.15) is 0 Å². The Morgan fingerprint density at radius 3 is 2.63 bits per heavy atom. The average Bonchev–Trinajstić information content (AvgIpc) is 2.54. The highest BCUT2D eigenvalue weighted by Gasteiger charge is 2.25. The van der Waals surface area contributed by atoms with Crippen LogP contribution in [0.15, 0.2) is 15.8 Å². The predicted molar refractivity (Wildman–Crippen MR) is 72.6 cm³/mol. The number of ketones is 1. The van der Waals surface area contributed by atoms with E-state index in [2.05, 4.69) is 11.9 Å². The Morgan fingerprint density at radius 1 is 1.26 bits per heavy atom. The third-order valence-corrected chi connectivity index (χ3v) is 4.04. The van der Waals surface area contributed by atoms with E-state index < -0.39 is 11.2 Å². The zero-order chi connectivity index (χ0) is 14.0. The number of rotatable bonds is 2. The molecule has 104 valence electrons. The van der Waals surface area contributed by atoms with E-state index >= 15 is 0 Å². The lowest BCUT2D eigenvalue weighted by molar-refractivity contribution is 0.101. The predicted octanol–water partition coefficient (Wildman–Crippen LogP) is 1.88. The van der Waals surface area contributed by atoms with Gasteiger partial charge in [0.05, 0.1) is 5.56 Å². The molecule has 5 heteroatoms. The molecule has 1 aromatic rings. The minimum Gasteiger partial charge on any atom is -0.313 e. The molecule has 0 aliphatic heterocycles. The van der Waals surface area contributed by atoms with E-state index in [1.807, 2.05) is 0 Å². The molecular formula is C14H20N2O3. The largest absolute Gasteiger partial charge is 0.328 e. The van der Waals surface area contributed by atoms with Gasteiger partial charge in [0, 0.05) is 12.2 Å². The Balaban J connectivity index is 2.54. The Labute approximate surface area is 111 Å². The lowest BCUT2D eigenvalue weighted by Crippen LogP contribution is -2.42. The van der Waals surface area contributed by atoms with Crippen LogP contribution in [-0.4, -0.2) is 15.3 Å². The molecule has 2 unspecified atom stereocenters. The van der Waals surface area contributed by atoms with Crippen LogP contribution in [0.5, 0.6) is 0 Å². The summed E-state index contributed by atoms with van der Waals surface area (Å²) >= 11 is 0. The quantitative estimate of drug-likeness (QED) is 0.655. The Bertz CT molecular complexity index is 585. The molecule has 19 heavy (non-hydrogen) atoms. The number of nitrogens with one attached hydrogen (secondary N) is 1. The molecule has 0 saturated heterocycles. The van der Waals surface area contributed by atoms with Crippen LogP contribution < -0.4 is 11.2 Å². The van der Waals surface area contributed by atoms with Crippen molar-refractivity contribution in [2.45, 2.75) is 52.0 Å². The van der Waals surface area contributed by atoms with Gasteiger partial charge in [-0.15, -0.1) is 0 Å². The Hall–Kier alpha value is -1.65. The molecule has 2 rings (SSSR count). The fraction of sp³-hybridized carbons (Fsp3) is 0.643. The van der Waals surface area contributed by atoms with E-state index in [0.29, 0.717) is 0 Å². The van der Waals surface area contributed by atoms with Crippen molar-refractivity contribution < 1.29 is 4.79 Å². The summed E-state index contributed by atoms with van der Waals surface area (Å²) in [6, 6.07) is -0.0990. The maximum atomic E-state index is 12.3. The second-order valence-corrected chi connectivity index (χ2v) is 5.42. The zero-order valence-corrected chi connectivity index (χ0v) is 11.4. The maximum Gasteiger partial charge on any atom is 0.328 e. The molecule has 0 radical (unpaired) electrons. The van der Waals surface area contributed by atoms with Gasteiger partial charge in [-0.3, -0.25) is 14.2 Å². The summed E-state index contributed by atoms with van der Waals surface area (Å²) in [6.07, 6.45) is 6.36. The van der Waals surface area contributed by atoms with E-state index in [4.69, 9.17) is 0 Å². The van der Waals surface area contributed by atoms with Crippen LogP contribution in [0.25, 0.3) is 0 Å². The first-order valence-electron chi connectivity index (χ1n) is 6.87. The van der Waals surface area contributed by atoms with Crippen molar-refractivity contribution in [2.75, 3.05) is 0 Å². The standard InChI is InChI=1S/C14H20N2O3/c1-9-6-4-3-5-7-12(9)16-13(18)11(10(2)17)8-15-14(16)19/h8-9,12H,3-7H2,1-2H3,(H,15,19). The van der Waals surface area contributed by atoms with Crippen molar-refractivity contribution in [3.63, 3.8) is 0 Å². The van der Waals surface area contributed by atoms with Crippen LogP contribution >= 0.6 is 0 Å². The minimum atomic E-state index is -0.449. The lowest BCUT2D eigenvalue weighted by Gasteiger charge is -2.23. The van der Waals surface area contributed by atoms with Gasteiger partial charge in [0.25, 0.3) is 5.56 Å². The molecule has 1 N–H and O–H groups in total. The van der Waals surface area contributed by atoms with Gasteiger partial charge in [-0.1, -0.05) is 26.2 Å². The first-order chi connectivity index (χ1) is 9.02. The van der Waals surface area contributed by atoms with Gasteiger partial charge < -0.3 is 4.98 Å². The topological polar surface area (TPSA) is 71.9 Å². The SMILES string of the molecule is CC(=O)c1c[nH]c(=O)n(C2CCCCCC2C)c1=O. The molecule has 0 amide bonds. The molecule has 1 fully saturated rings. The number of hydrogen-bond donors (Lipinski definition) is 1. The number of aromatic nitrogens is 2. The zero-order valence-electron chi connectivity index (χ0n) is 11.4. The van der Waals surface area contributed by atoms with Gasteiger partial charge in [-0.25, -0.2) is 4.79 Å². The summed E-state index contributed by atoms with van der Waals surface area (Å²) in [5.41, 5.74) is -0.792. The molecule has 1 aliphatic rings. The van der Waals surface area contributed by atoms with Gasteiger partial charge in [0.15, 0.2) is 5.78 Å². The van der Waals surface area contributed by atoms with Crippen molar-refractivity contribution in [1.82, 2.24) is 9.55 Å². The van der Waals surface area contributed by atoms with Crippen LogP contribution in [0.1, 0.15) is 62.4 Å². The van der Waals surface area contributed by atoms with E-state index in [-0.39, 0.29) is 23.3 Å². The van der Waals surface area contributed by atoms with Crippen molar-refractivity contribution in [3.8, 4) is 0 Å². The van der Waals surface area contributed by atoms with E-state index in [9.17, 15) is 14.4 Å². The number of aromatic amines is 1. The highest BCUT2D eigenvalue weighted by Crippen LogP contribution is 2.30. The third-order valence-electron chi connectivity index (χ3n) is 4.04. The third kappa shape index (κ3) is 2.69. The van der Waals surface area contributed by atoms with E-state index in [1.54, 1.807) is 0 Å². The average molecular weight is 264 g/mol. The fourth-order valence-electron chi connectivity index (χ4n) is 2.90. The summed E-state index contributed by atoms with van der Waals surface area (Å²) < 4.78 is 1.26. The number of carbonyl (C=O) groups is 1. The van der Waals surface area contributed by atoms with Gasteiger partial charge in [0.1, 0.15) is 0 Å². The van der Waals surface area contributed by atoms with E-state index in [1.165, 1.54) is 17.7 Å². The summed E-state index contributed by atoms with van der Waals surface area (Å²) in [7, 11) is 0. The molecular weight excluding hydrogens is 244 g/mol. The van der Waals surface area contributed by atoms with Crippen LogP contribution in [0, 0.1) is 5.92 Å². The summed E-state index contributed by atoms with van der Waals surface area (Å²) in [4.78, 5) is 38.2. The normalized spacial score (nSPS) is 23.9. The molecule has 1 aliphatic carbocycles. The van der Waals surface area contributed by atoms with E-state index in [0.717, 1.165) is 32.1 Å². The second kappa shape index (κ2) is 5.55. The lowest BCUT2D eigenvalue weighted by atomic mass is 9.96. The van der Waals surface area contributed by atoms with Crippen LogP contribution in [-0.2, 0) is 0 Å². The number of hydrogen-bond acceptors (Lipinski definition) is 3. The van der Waals surface area contributed by atoms with Crippen molar-refractivity contribution in [3.05, 3.63) is 32.6 Å². The Kier molecular flexibility index (Phi) is 4.02. The van der Waals surface area contributed by atoms with Gasteiger partial charge >= 0.3 is 5.69 Å². The summed E-state index contributed by atoms with van der Waals surface area (Å²) in [5.74, 6) is -0.0280. The van der Waals surface area contributed by atoms with Crippen molar-refractivity contribution >= 4 is 5.78 Å². The van der Waals surface area contributed by atoms with Gasteiger partial charge in [-0.05, 0) is 25.7 Å². The molecule has 5 nitrogen and oxygen atoms in total. The van der Waals surface area contributed by atoms with Crippen LogP contribution in [0.2, 0.25) is 0 Å². The second-order valence-electron chi connectivity index (χ2n) is 5.42. The Morgan fingerprint density at radius 2 is 1.95 bits per heavy atom. The summed E-state index contributed by atoms with van der Waals surface area (Å²) in [6.45, 7) is 3.41. The van der Waals surface area contributed by atoms with Crippen molar-refractivity contribution in [1.29, 1.82) is 0 Å². The highest BCUT2D eigenvalue weighted by molar-refractivity contribution is 5.93. The summed E-state index contributed by atoms with van der Waals surface area (Å²) in [5, 5.41) is 0. The first kappa shape index (κ1) is 13.8. The van der Waals surface area contributed by atoms with Gasteiger partial charge in [0.2, 0.25) is 0 Å². The number of Topliss-reactive ketones (excluding diaryl/α,β-unsaturated/α-hetero) is 1. The highest BCUT2D eigenvalue weighted by atomic mass is 16.2. The molecule has 1 aromatic heterocycles. The van der Waals surface area contributed by atoms with Crippen LogP contribution in [0.4, 0.5) is 0 Å². The monoisotopic (exact) mass is 264 g/mol. The smallest absolute Gasteiger partial charge is 0.313 e. The minimum absolute atomic E-state index is 0.0658. The first-order valence-corrected chi connectivity index (χ1v) is 6.87. The molecule has 0 aromatic carbocycles.